The average molecular weight is 293 g/mol. The van der Waals surface area contributed by atoms with Gasteiger partial charge in [-0.3, -0.25) is 9.36 Å². The van der Waals surface area contributed by atoms with Crippen LogP contribution in [0.1, 0.15) is 20.3 Å². The van der Waals surface area contributed by atoms with Crippen LogP contribution in [-0.2, 0) is 0 Å². The smallest absolute Gasteiger partial charge is 0.255 e. The second-order valence-electron chi connectivity index (χ2n) is 5.42. The molecule has 2 aromatic heterocycles. The largest absolute Gasteiger partial charge is 0.368 e. The molecule has 0 aliphatic heterocycles. The van der Waals surface area contributed by atoms with Crippen LogP contribution < -0.4 is 10.9 Å². The Balaban J connectivity index is 2.05. The Kier molecular flexibility index (Phi) is 3.92. The number of hydrogen-bond acceptors (Lipinski definition) is 3. The minimum Gasteiger partial charge on any atom is -0.368 e. The molecule has 3 rings (SSSR count). The third kappa shape index (κ3) is 2.72. The second kappa shape index (κ2) is 6.02. The maximum absolute atomic E-state index is 12.3. The van der Waals surface area contributed by atoms with Gasteiger partial charge in [-0.15, -0.1) is 0 Å². The van der Waals surface area contributed by atoms with Gasteiger partial charge in [-0.2, -0.15) is 0 Å². The summed E-state index contributed by atoms with van der Waals surface area (Å²) in [6, 6.07) is 15.5. The van der Waals surface area contributed by atoms with E-state index in [0.717, 1.165) is 28.8 Å². The second-order valence-corrected chi connectivity index (χ2v) is 5.42. The van der Waals surface area contributed by atoms with Crippen molar-refractivity contribution in [3.05, 3.63) is 65.1 Å². The highest BCUT2D eigenvalue weighted by Crippen LogP contribution is 2.17. The predicted molar refractivity (Wildman–Crippen MR) is 90.7 cm³/mol. The van der Waals surface area contributed by atoms with Gasteiger partial charge in [0.25, 0.3) is 5.56 Å². The van der Waals surface area contributed by atoms with Crippen molar-refractivity contribution in [2.75, 3.05) is 5.32 Å². The summed E-state index contributed by atoms with van der Waals surface area (Å²) in [6.07, 6.45) is 2.77. The van der Waals surface area contributed by atoms with Crippen molar-refractivity contribution in [2.45, 2.75) is 26.3 Å². The minimum absolute atomic E-state index is 0.0527. The highest BCUT2D eigenvalue weighted by Gasteiger charge is 2.06. The SMILES string of the molecule is CC[C@@H](C)Nc1ccc(-n2c(=O)ccc3ccccc32)cn1. The van der Waals surface area contributed by atoms with Crippen LogP contribution in [0, 0.1) is 0 Å². The molecule has 2 heterocycles. The third-order valence-electron chi connectivity index (χ3n) is 3.82. The Hall–Kier alpha value is -2.62. The van der Waals surface area contributed by atoms with E-state index in [2.05, 4.69) is 24.1 Å². The van der Waals surface area contributed by atoms with Gasteiger partial charge in [0.05, 0.1) is 17.4 Å². The summed E-state index contributed by atoms with van der Waals surface area (Å²) >= 11 is 0. The number of aromatic nitrogens is 2. The van der Waals surface area contributed by atoms with Gasteiger partial charge in [-0.05, 0) is 43.0 Å². The first-order chi connectivity index (χ1) is 10.7. The van der Waals surface area contributed by atoms with E-state index in [-0.39, 0.29) is 5.56 Å². The molecule has 0 saturated heterocycles. The summed E-state index contributed by atoms with van der Waals surface area (Å²) in [5.41, 5.74) is 1.61. The number of hydrogen-bond donors (Lipinski definition) is 1. The normalized spacial score (nSPS) is 12.3. The average Bonchev–Trinajstić information content (AvgIpc) is 2.55. The zero-order valence-corrected chi connectivity index (χ0v) is 12.8. The van der Waals surface area contributed by atoms with E-state index in [1.54, 1.807) is 16.8 Å². The van der Waals surface area contributed by atoms with Crippen molar-refractivity contribution in [1.82, 2.24) is 9.55 Å². The molecule has 0 fully saturated rings. The topological polar surface area (TPSA) is 46.9 Å². The fourth-order valence-electron chi connectivity index (χ4n) is 2.41. The first kappa shape index (κ1) is 14.3. The van der Waals surface area contributed by atoms with Crippen LogP contribution in [0.2, 0.25) is 0 Å². The van der Waals surface area contributed by atoms with Crippen LogP contribution >= 0.6 is 0 Å². The van der Waals surface area contributed by atoms with Crippen LogP contribution in [-0.4, -0.2) is 15.6 Å². The van der Waals surface area contributed by atoms with Crippen LogP contribution in [0.25, 0.3) is 16.6 Å². The maximum atomic E-state index is 12.3. The van der Waals surface area contributed by atoms with E-state index in [9.17, 15) is 4.79 Å². The summed E-state index contributed by atoms with van der Waals surface area (Å²) in [5, 5.41) is 4.35. The van der Waals surface area contributed by atoms with Crippen LogP contribution in [0.4, 0.5) is 5.82 Å². The molecule has 4 heteroatoms. The monoisotopic (exact) mass is 293 g/mol. The third-order valence-corrected chi connectivity index (χ3v) is 3.82. The van der Waals surface area contributed by atoms with E-state index in [0.29, 0.717) is 6.04 Å². The molecule has 1 N–H and O–H groups in total. The molecule has 0 radical (unpaired) electrons. The van der Waals surface area contributed by atoms with Crippen molar-refractivity contribution in [1.29, 1.82) is 0 Å². The quantitative estimate of drug-likeness (QED) is 0.799. The lowest BCUT2D eigenvalue weighted by Crippen LogP contribution is -2.18. The van der Waals surface area contributed by atoms with Crippen molar-refractivity contribution in [2.24, 2.45) is 0 Å². The summed E-state index contributed by atoms with van der Waals surface area (Å²) in [6.45, 7) is 4.24. The van der Waals surface area contributed by atoms with E-state index in [1.807, 2.05) is 42.5 Å². The molecule has 0 unspecified atom stereocenters. The van der Waals surface area contributed by atoms with Gasteiger partial charge in [0, 0.05) is 12.1 Å². The van der Waals surface area contributed by atoms with E-state index >= 15 is 0 Å². The number of nitrogens with zero attached hydrogens (tertiary/aromatic N) is 2. The number of pyridine rings is 2. The standard InChI is InChI=1S/C18H19N3O/c1-3-13(2)20-17-10-9-15(12-19-17)21-16-7-5-4-6-14(16)8-11-18(21)22/h4-13H,3H2,1-2H3,(H,19,20)/t13-/m1/s1. The zero-order valence-electron chi connectivity index (χ0n) is 12.8. The first-order valence-electron chi connectivity index (χ1n) is 7.53. The lowest BCUT2D eigenvalue weighted by Gasteiger charge is -2.13. The number of rotatable bonds is 4. The minimum atomic E-state index is -0.0527. The molecule has 0 aliphatic carbocycles. The van der Waals surface area contributed by atoms with Crippen LogP contribution in [0.3, 0.4) is 0 Å². The fourth-order valence-corrected chi connectivity index (χ4v) is 2.41. The van der Waals surface area contributed by atoms with Gasteiger partial charge in [0.1, 0.15) is 5.82 Å². The van der Waals surface area contributed by atoms with Crippen LogP contribution in [0.15, 0.2) is 59.5 Å². The molecular formula is C18H19N3O. The zero-order chi connectivity index (χ0) is 15.5. The molecule has 3 aromatic rings. The maximum Gasteiger partial charge on any atom is 0.255 e. The van der Waals surface area contributed by atoms with Gasteiger partial charge in [-0.25, -0.2) is 4.98 Å². The first-order valence-corrected chi connectivity index (χ1v) is 7.53. The number of anilines is 1. The molecule has 0 spiro atoms. The van der Waals surface area contributed by atoms with E-state index in [1.165, 1.54) is 0 Å². The summed E-state index contributed by atoms with van der Waals surface area (Å²) in [4.78, 5) is 16.7. The van der Waals surface area contributed by atoms with Crippen molar-refractivity contribution in [3.63, 3.8) is 0 Å². The number of fused-ring (bicyclic) bond motifs is 1. The number of nitrogens with one attached hydrogen (secondary N) is 1. The fraction of sp³-hybridized carbons (Fsp3) is 0.222. The molecule has 1 aromatic carbocycles. The van der Waals surface area contributed by atoms with E-state index in [4.69, 9.17) is 0 Å². The lowest BCUT2D eigenvalue weighted by atomic mass is 10.2. The number of benzene rings is 1. The van der Waals surface area contributed by atoms with Crippen molar-refractivity contribution >= 4 is 16.7 Å². The van der Waals surface area contributed by atoms with Gasteiger partial charge in [-0.1, -0.05) is 25.1 Å². The van der Waals surface area contributed by atoms with Gasteiger partial charge < -0.3 is 5.32 Å². The molecule has 22 heavy (non-hydrogen) atoms. The molecule has 0 amide bonds. The Morgan fingerprint density at radius 2 is 1.95 bits per heavy atom. The summed E-state index contributed by atoms with van der Waals surface area (Å²) < 4.78 is 1.69. The Labute approximate surface area is 129 Å². The Bertz CT molecular complexity index is 837. The molecule has 112 valence electrons. The highest BCUT2D eigenvalue weighted by atomic mass is 16.1. The van der Waals surface area contributed by atoms with E-state index < -0.39 is 0 Å². The van der Waals surface area contributed by atoms with Crippen molar-refractivity contribution in [3.8, 4) is 5.69 Å². The highest BCUT2D eigenvalue weighted by molar-refractivity contribution is 5.80. The molecular weight excluding hydrogens is 274 g/mol. The predicted octanol–water partition coefficient (Wildman–Crippen LogP) is 3.60. The van der Waals surface area contributed by atoms with Gasteiger partial charge in [0.2, 0.25) is 0 Å². The Morgan fingerprint density at radius 3 is 2.68 bits per heavy atom. The van der Waals surface area contributed by atoms with Crippen molar-refractivity contribution < 1.29 is 0 Å². The molecule has 0 bridgehead atoms. The molecule has 0 aliphatic rings. The number of para-hydroxylation sites is 1. The van der Waals surface area contributed by atoms with Gasteiger partial charge in [0.15, 0.2) is 0 Å². The summed E-state index contributed by atoms with van der Waals surface area (Å²) in [5.74, 6) is 0.825. The van der Waals surface area contributed by atoms with Gasteiger partial charge >= 0.3 is 0 Å². The van der Waals surface area contributed by atoms with Crippen LogP contribution in [0.5, 0.6) is 0 Å². The lowest BCUT2D eigenvalue weighted by molar-refractivity contribution is 0.759. The molecule has 1 atom stereocenters. The summed E-state index contributed by atoms with van der Waals surface area (Å²) in [7, 11) is 0. The molecule has 0 saturated carbocycles. The molecule has 4 nitrogen and oxygen atoms in total. The Morgan fingerprint density at radius 1 is 1.14 bits per heavy atom.